The first-order valence-corrected chi connectivity index (χ1v) is 5.73. The van der Waals surface area contributed by atoms with E-state index < -0.39 is 58.9 Å². The van der Waals surface area contributed by atoms with E-state index in [1.807, 2.05) is 0 Å². The molecule has 0 atom stereocenters. The lowest BCUT2D eigenvalue weighted by atomic mass is 9.59. The van der Waals surface area contributed by atoms with Crippen LogP contribution in [0.15, 0.2) is 11.9 Å². The van der Waals surface area contributed by atoms with Crippen LogP contribution in [0.25, 0.3) is 0 Å². The minimum absolute atomic E-state index is 4.60. The Balaban J connectivity index is 4.33. The minimum Gasteiger partial charge on any atom is -0.260 e. The summed E-state index contributed by atoms with van der Waals surface area (Å²) in [5.41, 5.74) is -8.00. The van der Waals surface area contributed by atoms with Crippen molar-refractivity contribution in [3.8, 4) is 0 Å². The molecule has 0 amide bonds. The van der Waals surface area contributed by atoms with Gasteiger partial charge >= 0.3 is 47.7 Å². The van der Waals surface area contributed by atoms with E-state index in [1.165, 1.54) is 0 Å². The number of alkyl halides is 12. The van der Waals surface area contributed by atoms with Crippen molar-refractivity contribution in [3.63, 3.8) is 0 Å². The number of halogens is 16. The average molecular weight is 440 g/mol. The van der Waals surface area contributed by atoms with Crippen molar-refractivity contribution in [1.29, 1.82) is 0 Å². The number of carbonyl (C=O) groups is 1. The highest BCUT2D eigenvalue weighted by Gasteiger charge is 3.06. The van der Waals surface area contributed by atoms with Crippen LogP contribution in [0.2, 0.25) is 0 Å². The van der Waals surface area contributed by atoms with Crippen LogP contribution in [-0.2, 0) is 4.79 Å². The van der Waals surface area contributed by atoms with Gasteiger partial charge in [-0.2, -0.15) is 70.2 Å². The van der Waals surface area contributed by atoms with Gasteiger partial charge in [0.1, 0.15) is 0 Å². The number of hydrogen-bond acceptors (Lipinski definition) is 1. The Bertz CT molecular complexity index is 653. The Labute approximate surface area is 135 Å². The first-order valence-electron chi connectivity index (χ1n) is 5.73. The van der Waals surface area contributed by atoms with E-state index in [1.54, 1.807) is 0 Å². The van der Waals surface area contributed by atoms with Crippen LogP contribution in [0.3, 0.4) is 0 Å². The van der Waals surface area contributed by atoms with Gasteiger partial charge in [0.25, 0.3) is 5.41 Å². The van der Waals surface area contributed by atoms with E-state index >= 15 is 0 Å². The van der Waals surface area contributed by atoms with Gasteiger partial charge in [0, 0.05) is 0 Å². The van der Waals surface area contributed by atoms with Gasteiger partial charge in [-0.1, -0.05) is 0 Å². The zero-order valence-electron chi connectivity index (χ0n) is 11.5. The standard InChI is InChI=1S/C10F16O/c11-1(2(12)13)5(15,16)4(3(14)27)6(17,18)8(21,22)10(25,26)9(23,24)7(4,19)20. The molecule has 0 aromatic carbocycles. The third kappa shape index (κ3) is 2.02. The molecule has 27 heavy (non-hydrogen) atoms. The molecule has 0 saturated heterocycles. The largest absolute Gasteiger partial charge is 0.384 e. The first kappa shape index (κ1) is 23.3. The highest BCUT2D eigenvalue weighted by atomic mass is 19.4. The fourth-order valence-electron chi connectivity index (χ4n) is 2.31. The number of hydrogen-bond donors (Lipinski definition) is 0. The van der Waals surface area contributed by atoms with Crippen LogP contribution < -0.4 is 0 Å². The number of rotatable bonds is 3. The fraction of sp³-hybridized carbons (Fsp3) is 0.700. The van der Waals surface area contributed by atoms with Crippen molar-refractivity contribution in [1.82, 2.24) is 0 Å². The molecule has 0 aromatic heterocycles. The molecule has 0 bridgehead atoms. The molecule has 1 saturated carbocycles. The summed E-state index contributed by atoms with van der Waals surface area (Å²) in [6.07, 6.45) is -4.60. The molecule has 17 heteroatoms. The SMILES string of the molecule is O=C(F)C1(C(F)(F)C(F)=C(F)F)C(F)(F)C(F)(F)C(F)(F)C(F)(F)C1(F)F. The van der Waals surface area contributed by atoms with Crippen molar-refractivity contribution in [2.75, 3.05) is 0 Å². The van der Waals surface area contributed by atoms with Crippen LogP contribution in [0.4, 0.5) is 70.2 Å². The first-order chi connectivity index (χ1) is 11.5. The molecule has 0 aliphatic heterocycles. The molecule has 0 spiro atoms. The molecule has 0 radical (unpaired) electrons. The van der Waals surface area contributed by atoms with Gasteiger partial charge in [0.15, 0.2) is 0 Å². The summed E-state index contributed by atoms with van der Waals surface area (Å²) in [6, 6.07) is -5.28. The Morgan fingerprint density at radius 3 is 1.04 bits per heavy atom. The molecule has 1 aliphatic rings. The van der Waals surface area contributed by atoms with E-state index in [4.69, 9.17) is 0 Å². The summed E-state index contributed by atoms with van der Waals surface area (Å²) in [5.74, 6) is -53.2. The quantitative estimate of drug-likeness (QED) is 0.426. The summed E-state index contributed by atoms with van der Waals surface area (Å²) >= 11 is 0. The average Bonchev–Trinajstić information content (AvgIpc) is 2.43. The van der Waals surface area contributed by atoms with Crippen LogP contribution in [-0.4, -0.2) is 41.6 Å². The van der Waals surface area contributed by atoms with Gasteiger partial charge in [-0.3, -0.25) is 4.79 Å². The van der Waals surface area contributed by atoms with Crippen molar-refractivity contribution in [2.24, 2.45) is 5.41 Å². The Kier molecular flexibility index (Phi) is 4.69. The van der Waals surface area contributed by atoms with Crippen LogP contribution in [0, 0.1) is 5.41 Å². The zero-order valence-corrected chi connectivity index (χ0v) is 11.5. The molecule has 0 unspecified atom stereocenters. The zero-order chi connectivity index (χ0) is 22.2. The number of carbonyl (C=O) groups excluding carboxylic acids is 1. The van der Waals surface area contributed by atoms with E-state index in [0.29, 0.717) is 0 Å². The highest BCUT2D eigenvalue weighted by Crippen LogP contribution is 2.76. The molecule has 1 rings (SSSR count). The van der Waals surface area contributed by atoms with Crippen molar-refractivity contribution in [3.05, 3.63) is 11.9 Å². The lowest BCUT2D eigenvalue weighted by molar-refractivity contribution is -0.497. The molecular weight excluding hydrogens is 440 g/mol. The molecule has 0 heterocycles. The van der Waals surface area contributed by atoms with Crippen molar-refractivity contribution in [2.45, 2.75) is 35.5 Å². The predicted octanol–water partition coefficient (Wildman–Crippen LogP) is 5.37. The number of allylic oxidation sites excluding steroid dienone is 1. The third-order valence-electron chi connectivity index (χ3n) is 3.73. The Morgan fingerprint density at radius 1 is 0.556 bits per heavy atom. The van der Waals surface area contributed by atoms with E-state index in [0.717, 1.165) is 0 Å². The van der Waals surface area contributed by atoms with E-state index in [2.05, 4.69) is 0 Å². The van der Waals surface area contributed by atoms with Crippen LogP contribution in [0.5, 0.6) is 0 Å². The van der Waals surface area contributed by atoms with Gasteiger partial charge < -0.3 is 0 Å². The lowest BCUT2D eigenvalue weighted by Gasteiger charge is -2.55. The van der Waals surface area contributed by atoms with Gasteiger partial charge in [-0.15, -0.1) is 0 Å². The summed E-state index contributed by atoms with van der Waals surface area (Å²) in [5, 5.41) is 0. The minimum atomic E-state index is -8.21. The predicted molar refractivity (Wildman–Crippen MR) is 48.6 cm³/mol. The van der Waals surface area contributed by atoms with Crippen LogP contribution >= 0.6 is 0 Å². The topological polar surface area (TPSA) is 17.1 Å². The van der Waals surface area contributed by atoms with E-state index in [9.17, 15) is 75.0 Å². The van der Waals surface area contributed by atoms with Gasteiger partial charge in [0.2, 0.25) is 5.83 Å². The van der Waals surface area contributed by atoms with Crippen molar-refractivity contribution < 1.29 is 75.0 Å². The monoisotopic (exact) mass is 440 g/mol. The fourth-order valence-corrected chi connectivity index (χ4v) is 2.31. The van der Waals surface area contributed by atoms with Crippen LogP contribution in [0.1, 0.15) is 0 Å². The Hall–Kier alpha value is -1.71. The second kappa shape index (κ2) is 5.42. The van der Waals surface area contributed by atoms with Gasteiger partial charge in [-0.25, -0.2) is 0 Å². The van der Waals surface area contributed by atoms with Gasteiger partial charge in [0.05, 0.1) is 0 Å². The second-order valence-corrected chi connectivity index (χ2v) is 5.04. The maximum atomic E-state index is 13.6. The maximum absolute atomic E-state index is 13.6. The highest BCUT2D eigenvalue weighted by molar-refractivity contribution is 5.82. The smallest absolute Gasteiger partial charge is 0.260 e. The molecule has 1 aliphatic carbocycles. The Morgan fingerprint density at radius 2 is 0.815 bits per heavy atom. The van der Waals surface area contributed by atoms with Gasteiger partial charge in [-0.05, 0) is 0 Å². The summed E-state index contributed by atoms with van der Waals surface area (Å²) < 4.78 is 209. The lowest BCUT2D eigenvalue weighted by Crippen LogP contribution is -2.86. The molecule has 0 aromatic rings. The summed E-state index contributed by atoms with van der Waals surface area (Å²) in [7, 11) is 0. The van der Waals surface area contributed by atoms with E-state index in [-0.39, 0.29) is 0 Å². The molecule has 158 valence electrons. The second-order valence-electron chi connectivity index (χ2n) is 5.04. The summed E-state index contributed by atoms with van der Waals surface area (Å²) in [6.45, 7) is 0. The normalized spacial score (nSPS) is 27.0. The molecule has 0 N–H and O–H groups in total. The molecule has 1 nitrogen and oxygen atoms in total. The van der Waals surface area contributed by atoms with Crippen molar-refractivity contribution >= 4 is 6.04 Å². The summed E-state index contributed by atoms with van der Waals surface area (Å²) in [4.78, 5) is 10.5. The third-order valence-corrected chi connectivity index (χ3v) is 3.73. The molecular formula is C10F16O. The molecule has 1 fully saturated rings. The maximum Gasteiger partial charge on any atom is 0.384 e.